The van der Waals surface area contributed by atoms with Crippen LogP contribution in [0.3, 0.4) is 0 Å². The van der Waals surface area contributed by atoms with Gasteiger partial charge in [0, 0.05) is 22.3 Å². The fourth-order valence-electron chi connectivity index (χ4n) is 0.890. The Kier molecular flexibility index (Phi) is 4.17. The lowest BCUT2D eigenvalue weighted by molar-refractivity contribution is -0.132. The van der Waals surface area contributed by atoms with Crippen molar-refractivity contribution in [3.8, 4) is 0 Å². The van der Waals surface area contributed by atoms with Gasteiger partial charge >= 0.3 is 5.97 Å². The first kappa shape index (κ1) is 12.1. The van der Waals surface area contributed by atoms with Crippen molar-refractivity contribution in [3.05, 3.63) is 39.8 Å². The number of hydrogen-bond donors (Lipinski definition) is 2. The van der Waals surface area contributed by atoms with E-state index >= 15 is 0 Å². The number of benzene rings is 1. The molecule has 2 N–H and O–H groups in total. The van der Waals surface area contributed by atoms with Crippen molar-refractivity contribution in [2.75, 3.05) is 11.9 Å². The fraction of sp³-hybridized carbons (Fsp3) is 0.100. The first-order chi connectivity index (χ1) is 7.00. The molecule has 15 heavy (non-hydrogen) atoms. The number of anilines is 1. The SMILES string of the molecule is C=C(CNc1ccc(Br)c(Cl)c1)C(=O)O. The van der Waals surface area contributed by atoms with E-state index in [0.717, 1.165) is 10.2 Å². The highest BCUT2D eigenvalue weighted by Crippen LogP contribution is 2.25. The summed E-state index contributed by atoms with van der Waals surface area (Å²) in [6.07, 6.45) is 0. The Balaban J connectivity index is 2.62. The van der Waals surface area contributed by atoms with E-state index in [0.29, 0.717) is 5.02 Å². The summed E-state index contributed by atoms with van der Waals surface area (Å²) < 4.78 is 0.798. The van der Waals surface area contributed by atoms with Gasteiger partial charge in [-0.05, 0) is 34.1 Å². The summed E-state index contributed by atoms with van der Waals surface area (Å²) in [4.78, 5) is 10.5. The molecule has 1 aromatic carbocycles. The topological polar surface area (TPSA) is 49.3 Å². The molecule has 0 amide bonds. The average molecular weight is 291 g/mol. The Morgan fingerprint density at radius 2 is 2.27 bits per heavy atom. The molecule has 0 unspecified atom stereocenters. The van der Waals surface area contributed by atoms with Crippen LogP contribution in [0.2, 0.25) is 5.02 Å². The van der Waals surface area contributed by atoms with Crippen molar-refractivity contribution in [2.45, 2.75) is 0 Å². The van der Waals surface area contributed by atoms with Crippen molar-refractivity contribution in [1.29, 1.82) is 0 Å². The van der Waals surface area contributed by atoms with Crippen LogP contribution in [0.15, 0.2) is 34.8 Å². The van der Waals surface area contributed by atoms with Crippen molar-refractivity contribution in [3.63, 3.8) is 0 Å². The molecule has 3 nitrogen and oxygen atoms in total. The molecule has 0 fully saturated rings. The summed E-state index contributed by atoms with van der Waals surface area (Å²) in [6, 6.07) is 5.29. The van der Waals surface area contributed by atoms with E-state index in [-0.39, 0.29) is 12.1 Å². The Labute approximate surface area is 101 Å². The maximum atomic E-state index is 10.5. The Morgan fingerprint density at radius 3 is 2.80 bits per heavy atom. The molecule has 5 heteroatoms. The highest BCUT2D eigenvalue weighted by atomic mass is 79.9. The van der Waals surface area contributed by atoms with Crippen LogP contribution in [-0.2, 0) is 4.79 Å². The monoisotopic (exact) mass is 289 g/mol. The second-order valence-electron chi connectivity index (χ2n) is 2.89. The maximum absolute atomic E-state index is 10.5. The van der Waals surface area contributed by atoms with E-state index in [9.17, 15) is 4.79 Å². The lowest BCUT2D eigenvalue weighted by atomic mass is 10.2. The Bertz CT molecular complexity index is 406. The van der Waals surface area contributed by atoms with Gasteiger partial charge in [-0.3, -0.25) is 0 Å². The zero-order chi connectivity index (χ0) is 11.4. The normalized spacial score (nSPS) is 9.73. The van der Waals surface area contributed by atoms with Gasteiger partial charge in [-0.25, -0.2) is 4.79 Å². The molecule has 80 valence electrons. The second-order valence-corrected chi connectivity index (χ2v) is 4.15. The van der Waals surface area contributed by atoms with Crippen LogP contribution in [0.1, 0.15) is 0 Å². The van der Waals surface area contributed by atoms with Gasteiger partial charge in [0.2, 0.25) is 0 Å². The quantitative estimate of drug-likeness (QED) is 0.838. The second kappa shape index (κ2) is 5.19. The van der Waals surface area contributed by atoms with E-state index < -0.39 is 5.97 Å². The van der Waals surface area contributed by atoms with Gasteiger partial charge in [0.1, 0.15) is 0 Å². The largest absolute Gasteiger partial charge is 0.478 e. The molecule has 0 aliphatic carbocycles. The van der Waals surface area contributed by atoms with E-state index in [1.54, 1.807) is 18.2 Å². The van der Waals surface area contributed by atoms with Gasteiger partial charge in [-0.15, -0.1) is 0 Å². The lowest BCUT2D eigenvalue weighted by Crippen LogP contribution is -2.11. The molecule has 0 aliphatic rings. The molecule has 1 rings (SSSR count). The fourth-order valence-corrected chi connectivity index (χ4v) is 1.32. The zero-order valence-corrected chi connectivity index (χ0v) is 10.1. The predicted molar refractivity (Wildman–Crippen MR) is 64.4 cm³/mol. The van der Waals surface area contributed by atoms with Gasteiger partial charge in [0.15, 0.2) is 0 Å². The van der Waals surface area contributed by atoms with E-state index in [1.807, 2.05) is 0 Å². The molecule has 0 saturated heterocycles. The standard InChI is InChI=1S/C10H9BrClNO2/c1-6(10(14)15)5-13-7-2-3-8(11)9(12)4-7/h2-4,13H,1,5H2,(H,14,15). The van der Waals surface area contributed by atoms with Crippen molar-refractivity contribution >= 4 is 39.2 Å². The number of rotatable bonds is 4. The summed E-state index contributed by atoms with van der Waals surface area (Å²) in [5.41, 5.74) is 0.861. The molecular formula is C10H9BrClNO2. The molecule has 0 saturated carbocycles. The van der Waals surface area contributed by atoms with Gasteiger partial charge in [0.05, 0.1) is 5.02 Å². The third-order valence-corrected chi connectivity index (χ3v) is 2.96. The first-order valence-electron chi connectivity index (χ1n) is 4.10. The summed E-state index contributed by atoms with van der Waals surface area (Å²) in [5.74, 6) is -1.01. The van der Waals surface area contributed by atoms with Gasteiger partial charge in [-0.1, -0.05) is 18.2 Å². The minimum Gasteiger partial charge on any atom is -0.478 e. The number of halogens is 2. The first-order valence-corrected chi connectivity index (χ1v) is 5.28. The minimum atomic E-state index is -1.01. The molecule has 1 aromatic rings. The third kappa shape index (κ3) is 3.57. The van der Waals surface area contributed by atoms with Gasteiger partial charge in [0.25, 0.3) is 0 Å². The summed E-state index contributed by atoms with van der Waals surface area (Å²) in [7, 11) is 0. The van der Waals surface area contributed by atoms with Crippen LogP contribution in [0.4, 0.5) is 5.69 Å². The molecule has 0 bridgehead atoms. The van der Waals surface area contributed by atoms with Crippen LogP contribution in [0, 0.1) is 0 Å². The van der Waals surface area contributed by atoms with Crippen LogP contribution in [0.25, 0.3) is 0 Å². The average Bonchev–Trinajstić information content (AvgIpc) is 2.19. The number of carboxylic acids is 1. The number of carboxylic acid groups (broad SMARTS) is 1. The minimum absolute atomic E-state index is 0.106. The molecule has 0 spiro atoms. The molecule has 0 radical (unpaired) electrons. The summed E-state index contributed by atoms with van der Waals surface area (Å²) >= 11 is 9.13. The van der Waals surface area contributed by atoms with E-state index in [2.05, 4.69) is 27.8 Å². The third-order valence-electron chi connectivity index (χ3n) is 1.73. The van der Waals surface area contributed by atoms with Gasteiger partial charge < -0.3 is 10.4 Å². The molecule has 0 heterocycles. The number of aliphatic carboxylic acids is 1. The highest BCUT2D eigenvalue weighted by molar-refractivity contribution is 9.10. The molecule has 0 aromatic heterocycles. The van der Waals surface area contributed by atoms with Crippen molar-refractivity contribution in [2.24, 2.45) is 0 Å². The van der Waals surface area contributed by atoms with Crippen molar-refractivity contribution in [1.82, 2.24) is 0 Å². The number of hydrogen-bond acceptors (Lipinski definition) is 2. The van der Waals surface area contributed by atoms with Crippen LogP contribution in [0.5, 0.6) is 0 Å². The summed E-state index contributed by atoms with van der Waals surface area (Å²) in [6.45, 7) is 3.59. The van der Waals surface area contributed by atoms with Crippen LogP contribution < -0.4 is 5.32 Å². The predicted octanol–water partition coefficient (Wildman–Crippen LogP) is 3.16. The summed E-state index contributed by atoms with van der Waals surface area (Å²) in [5, 5.41) is 12.1. The maximum Gasteiger partial charge on any atom is 0.332 e. The number of nitrogens with one attached hydrogen (secondary N) is 1. The van der Waals surface area contributed by atoms with Crippen molar-refractivity contribution < 1.29 is 9.90 Å². The Hall–Kier alpha value is -1.00. The molecular weight excluding hydrogens is 281 g/mol. The smallest absolute Gasteiger partial charge is 0.332 e. The highest BCUT2D eigenvalue weighted by Gasteiger charge is 2.04. The zero-order valence-electron chi connectivity index (χ0n) is 7.76. The van der Waals surface area contributed by atoms with E-state index in [1.165, 1.54) is 0 Å². The molecule has 0 aliphatic heterocycles. The van der Waals surface area contributed by atoms with Gasteiger partial charge in [-0.2, -0.15) is 0 Å². The van der Waals surface area contributed by atoms with Crippen LogP contribution in [-0.4, -0.2) is 17.6 Å². The lowest BCUT2D eigenvalue weighted by Gasteiger charge is -2.06. The Morgan fingerprint density at radius 1 is 1.60 bits per heavy atom. The number of carbonyl (C=O) groups is 1. The van der Waals surface area contributed by atoms with E-state index in [4.69, 9.17) is 16.7 Å². The van der Waals surface area contributed by atoms with Crippen LogP contribution >= 0.6 is 27.5 Å². The molecule has 0 atom stereocenters.